The number of halogens is 2. The van der Waals surface area contributed by atoms with Gasteiger partial charge in [-0.3, -0.25) is 4.79 Å². The van der Waals surface area contributed by atoms with E-state index in [1.54, 1.807) is 12.1 Å². The fraction of sp³-hybridized carbons (Fsp3) is 0.0769. The largest absolute Gasteiger partial charge is 0.341 e. The Kier molecular flexibility index (Phi) is 4.21. The Hall–Kier alpha value is -2.19. The molecule has 0 aliphatic carbocycles. The van der Waals surface area contributed by atoms with Crippen molar-refractivity contribution in [2.75, 3.05) is 11.1 Å². The summed E-state index contributed by atoms with van der Waals surface area (Å²) in [4.78, 5) is 26.8. The molecule has 0 saturated carbocycles. The molecule has 3 aromatic rings. The zero-order valence-corrected chi connectivity index (χ0v) is 12.6. The molecule has 0 unspecified atom stereocenters. The molecular weight excluding hydrogens is 329 g/mol. The number of hydrogen-bond acceptors (Lipinski definition) is 5. The predicted octanol–water partition coefficient (Wildman–Crippen LogP) is 2.88. The Bertz CT molecular complexity index is 840. The second-order valence-corrected chi connectivity index (χ2v) is 5.52. The van der Waals surface area contributed by atoms with E-state index in [1.807, 2.05) is 0 Å². The Morgan fingerprint density at radius 3 is 3.00 bits per heavy atom. The first-order valence-electron chi connectivity index (χ1n) is 6.17. The van der Waals surface area contributed by atoms with Crippen molar-refractivity contribution >= 4 is 46.1 Å². The number of thioether (sulfide) groups is 1. The van der Waals surface area contributed by atoms with Crippen LogP contribution in [-0.4, -0.2) is 31.6 Å². The molecule has 0 aliphatic heterocycles. The van der Waals surface area contributed by atoms with Crippen LogP contribution >= 0.6 is 23.4 Å². The maximum absolute atomic E-state index is 13.5. The Balaban J connectivity index is 1.70. The molecule has 0 bridgehead atoms. The molecule has 0 aliphatic rings. The molecule has 22 heavy (non-hydrogen) atoms. The molecule has 3 rings (SSSR count). The molecule has 1 aromatic carbocycles. The van der Waals surface area contributed by atoms with Gasteiger partial charge in [0.1, 0.15) is 16.4 Å². The summed E-state index contributed by atoms with van der Waals surface area (Å²) in [6.07, 6.45) is 1.47. The molecule has 2 heterocycles. The van der Waals surface area contributed by atoms with Crippen molar-refractivity contribution < 1.29 is 9.18 Å². The Labute approximate surface area is 133 Å². The monoisotopic (exact) mass is 337 g/mol. The third-order valence-electron chi connectivity index (χ3n) is 2.71. The van der Waals surface area contributed by atoms with Crippen molar-refractivity contribution in [1.29, 1.82) is 0 Å². The molecule has 2 N–H and O–H groups in total. The lowest BCUT2D eigenvalue weighted by atomic mass is 10.3. The number of aromatic nitrogens is 4. The summed E-state index contributed by atoms with van der Waals surface area (Å²) >= 11 is 6.97. The van der Waals surface area contributed by atoms with Gasteiger partial charge in [0.15, 0.2) is 5.65 Å². The molecule has 2 aromatic heterocycles. The van der Waals surface area contributed by atoms with Crippen LogP contribution in [-0.2, 0) is 4.79 Å². The third kappa shape index (κ3) is 3.18. The highest BCUT2D eigenvalue weighted by atomic mass is 35.5. The van der Waals surface area contributed by atoms with Crippen molar-refractivity contribution in [2.45, 2.75) is 5.03 Å². The van der Waals surface area contributed by atoms with Crippen molar-refractivity contribution in [3.05, 3.63) is 41.7 Å². The molecule has 0 spiro atoms. The molecule has 6 nitrogen and oxygen atoms in total. The molecule has 112 valence electrons. The standard InChI is InChI=1S/C13H9ClFN5OS/c14-13-19-11-10(16-6-17-11)12(20-13)22-5-9(21)18-8-4-2-1-3-7(8)15/h1-4,6H,5H2,(H,18,21)(H,16,17,19,20). The minimum Gasteiger partial charge on any atom is -0.341 e. The maximum atomic E-state index is 13.5. The molecule has 0 radical (unpaired) electrons. The molecule has 1 amide bonds. The lowest BCUT2D eigenvalue weighted by Crippen LogP contribution is -2.15. The van der Waals surface area contributed by atoms with Crippen LogP contribution in [0.15, 0.2) is 35.6 Å². The average molecular weight is 338 g/mol. The Morgan fingerprint density at radius 2 is 2.18 bits per heavy atom. The van der Waals surface area contributed by atoms with Crippen LogP contribution in [0.4, 0.5) is 10.1 Å². The zero-order chi connectivity index (χ0) is 15.5. The number of amides is 1. The number of aromatic amines is 1. The van der Waals surface area contributed by atoms with Crippen molar-refractivity contribution in [2.24, 2.45) is 0 Å². The number of nitrogens with one attached hydrogen (secondary N) is 2. The van der Waals surface area contributed by atoms with Gasteiger partial charge in [0.25, 0.3) is 0 Å². The number of para-hydroxylation sites is 1. The van der Waals surface area contributed by atoms with Gasteiger partial charge in [-0.25, -0.2) is 14.4 Å². The Morgan fingerprint density at radius 1 is 1.36 bits per heavy atom. The number of hydrogen-bond donors (Lipinski definition) is 2. The molecule has 0 atom stereocenters. The van der Waals surface area contributed by atoms with Gasteiger partial charge in [-0.1, -0.05) is 23.9 Å². The van der Waals surface area contributed by atoms with E-state index in [2.05, 4.69) is 25.3 Å². The number of carbonyl (C=O) groups excluding carboxylic acids is 1. The first-order chi connectivity index (χ1) is 10.6. The normalized spacial score (nSPS) is 10.8. The first-order valence-corrected chi connectivity index (χ1v) is 7.53. The van der Waals surface area contributed by atoms with Crippen LogP contribution in [0.2, 0.25) is 5.28 Å². The third-order valence-corrected chi connectivity index (χ3v) is 3.86. The van der Waals surface area contributed by atoms with Crippen LogP contribution in [0.5, 0.6) is 0 Å². The summed E-state index contributed by atoms with van der Waals surface area (Å²) in [5, 5.41) is 3.06. The van der Waals surface area contributed by atoms with Gasteiger partial charge < -0.3 is 10.3 Å². The van der Waals surface area contributed by atoms with Crippen LogP contribution in [0.3, 0.4) is 0 Å². The second kappa shape index (κ2) is 6.29. The van der Waals surface area contributed by atoms with E-state index in [-0.39, 0.29) is 22.6 Å². The van der Waals surface area contributed by atoms with E-state index in [9.17, 15) is 9.18 Å². The van der Waals surface area contributed by atoms with Gasteiger partial charge in [-0.15, -0.1) is 0 Å². The number of imidazole rings is 1. The van der Waals surface area contributed by atoms with E-state index in [4.69, 9.17) is 11.6 Å². The van der Waals surface area contributed by atoms with Gasteiger partial charge in [0, 0.05) is 0 Å². The van der Waals surface area contributed by atoms with Gasteiger partial charge in [0.2, 0.25) is 11.2 Å². The summed E-state index contributed by atoms with van der Waals surface area (Å²) in [5.41, 5.74) is 1.17. The molecule has 9 heteroatoms. The van der Waals surface area contributed by atoms with Crippen LogP contribution in [0, 0.1) is 5.82 Å². The lowest BCUT2D eigenvalue weighted by molar-refractivity contribution is -0.113. The van der Waals surface area contributed by atoms with Crippen molar-refractivity contribution in [1.82, 2.24) is 19.9 Å². The highest BCUT2D eigenvalue weighted by Gasteiger charge is 2.12. The average Bonchev–Trinajstić information content (AvgIpc) is 2.95. The van der Waals surface area contributed by atoms with Crippen molar-refractivity contribution in [3.63, 3.8) is 0 Å². The predicted molar refractivity (Wildman–Crippen MR) is 82.4 cm³/mol. The van der Waals surface area contributed by atoms with Gasteiger partial charge in [0.05, 0.1) is 17.8 Å². The van der Waals surface area contributed by atoms with E-state index < -0.39 is 5.82 Å². The number of H-pyrrole nitrogens is 1. The number of fused-ring (bicyclic) bond motifs is 1. The van der Waals surface area contributed by atoms with Gasteiger partial charge in [-0.05, 0) is 23.7 Å². The molecule has 0 fully saturated rings. The molecular formula is C13H9ClFN5OS. The highest BCUT2D eigenvalue weighted by molar-refractivity contribution is 8.00. The first kappa shape index (κ1) is 14.7. The summed E-state index contributed by atoms with van der Waals surface area (Å²) in [7, 11) is 0. The van der Waals surface area contributed by atoms with E-state index in [0.29, 0.717) is 16.2 Å². The smallest absolute Gasteiger partial charge is 0.234 e. The fourth-order valence-corrected chi connectivity index (χ4v) is 2.77. The number of anilines is 1. The fourth-order valence-electron chi connectivity index (χ4n) is 1.77. The van der Waals surface area contributed by atoms with Crippen LogP contribution in [0.1, 0.15) is 0 Å². The van der Waals surface area contributed by atoms with E-state index in [0.717, 1.165) is 11.8 Å². The SMILES string of the molecule is O=C(CSc1nc(Cl)nc2nc[nH]c12)Nc1ccccc1F. The van der Waals surface area contributed by atoms with Gasteiger partial charge >= 0.3 is 0 Å². The minimum atomic E-state index is -0.484. The number of rotatable bonds is 4. The summed E-state index contributed by atoms with van der Waals surface area (Å²) < 4.78 is 13.5. The second-order valence-electron chi connectivity index (χ2n) is 4.22. The van der Waals surface area contributed by atoms with Crippen LogP contribution < -0.4 is 5.32 Å². The zero-order valence-electron chi connectivity index (χ0n) is 11.0. The summed E-state index contributed by atoms with van der Waals surface area (Å²) in [6.45, 7) is 0. The van der Waals surface area contributed by atoms with Crippen molar-refractivity contribution in [3.8, 4) is 0 Å². The van der Waals surface area contributed by atoms with E-state index >= 15 is 0 Å². The highest BCUT2D eigenvalue weighted by Crippen LogP contribution is 2.24. The molecule has 0 saturated heterocycles. The number of carbonyl (C=O) groups is 1. The van der Waals surface area contributed by atoms with Gasteiger partial charge in [-0.2, -0.15) is 4.98 Å². The number of nitrogens with zero attached hydrogens (tertiary/aromatic N) is 3. The topological polar surface area (TPSA) is 83.6 Å². The lowest BCUT2D eigenvalue weighted by Gasteiger charge is -2.06. The van der Waals surface area contributed by atoms with E-state index in [1.165, 1.54) is 18.5 Å². The summed E-state index contributed by atoms with van der Waals surface area (Å²) in [5.74, 6) is -0.783. The van der Waals surface area contributed by atoms with Crippen LogP contribution in [0.25, 0.3) is 11.2 Å². The quantitative estimate of drug-likeness (QED) is 0.434. The maximum Gasteiger partial charge on any atom is 0.234 e. The minimum absolute atomic E-state index is 0.0514. The summed E-state index contributed by atoms with van der Waals surface area (Å²) in [6, 6.07) is 5.97. The number of benzene rings is 1.